The molecule has 1 aliphatic rings. The Morgan fingerprint density at radius 3 is 2.29 bits per heavy atom. The fourth-order valence-electron chi connectivity index (χ4n) is 2.37. The number of hydrogen-bond acceptors (Lipinski definition) is 2. The van der Waals surface area contributed by atoms with E-state index in [0.717, 1.165) is 30.7 Å². The molecule has 0 bridgehead atoms. The predicted molar refractivity (Wildman–Crippen MR) is 78.4 cm³/mol. The minimum Gasteiger partial charge on any atom is -0.328 e. The molecule has 0 heterocycles. The second-order valence-corrected chi connectivity index (χ2v) is 5.10. The van der Waals surface area contributed by atoms with Crippen molar-refractivity contribution in [2.24, 2.45) is 11.5 Å². The van der Waals surface area contributed by atoms with Crippen molar-refractivity contribution < 1.29 is 0 Å². The summed E-state index contributed by atoms with van der Waals surface area (Å²) >= 11 is 5.83. The van der Waals surface area contributed by atoms with Gasteiger partial charge in [-0.15, -0.1) is 24.8 Å². The van der Waals surface area contributed by atoms with Crippen LogP contribution in [-0.2, 0) is 6.42 Å². The molecule has 0 saturated heterocycles. The fraction of sp³-hybridized carbons (Fsp3) is 0.500. The summed E-state index contributed by atoms with van der Waals surface area (Å²) in [6, 6.07) is 8.19. The standard InChI is InChI=1S/C12H17ClN2.2ClH/c13-10-3-1-9(2-4-10)7-12(15)6-5-11(14)8-12;;/h1-4,11H,5-8,14-15H2;2*1H. The van der Waals surface area contributed by atoms with Crippen molar-refractivity contribution in [3.05, 3.63) is 34.9 Å². The van der Waals surface area contributed by atoms with E-state index in [1.54, 1.807) is 0 Å². The van der Waals surface area contributed by atoms with Crippen LogP contribution < -0.4 is 11.5 Å². The summed E-state index contributed by atoms with van der Waals surface area (Å²) in [4.78, 5) is 0. The number of halogens is 3. The predicted octanol–water partition coefficient (Wildman–Crippen LogP) is 2.93. The summed E-state index contributed by atoms with van der Waals surface area (Å²) in [5.74, 6) is 0. The van der Waals surface area contributed by atoms with E-state index in [9.17, 15) is 0 Å². The van der Waals surface area contributed by atoms with Crippen molar-refractivity contribution in [3.8, 4) is 0 Å². The third kappa shape index (κ3) is 4.65. The van der Waals surface area contributed by atoms with Crippen LogP contribution in [-0.4, -0.2) is 11.6 Å². The van der Waals surface area contributed by atoms with Crippen LogP contribution in [0.2, 0.25) is 5.02 Å². The molecule has 0 aliphatic heterocycles. The molecule has 1 aromatic carbocycles. The highest BCUT2D eigenvalue weighted by atomic mass is 35.5. The quantitative estimate of drug-likeness (QED) is 0.882. The maximum atomic E-state index is 6.31. The second kappa shape index (κ2) is 6.81. The van der Waals surface area contributed by atoms with E-state index < -0.39 is 0 Å². The molecular weight excluding hydrogens is 279 g/mol. The first-order valence-corrected chi connectivity index (χ1v) is 5.74. The van der Waals surface area contributed by atoms with Gasteiger partial charge in [-0.25, -0.2) is 0 Å². The van der Waals surface area contributed by atoms with Crippen LogP contribution in [0.5, 0.6) is 0 Å². The van der Waals surface area contributed by atoms with E-state index in [1.165, 1.54) is 5.56 Å². The molecular formula is C12H19Cl3N2. The monoisotopic (exact) mass is 296 g/mol. The SMILES string of the molecule is Cl.Cl.NC1CCC(N)(Cc2ccc(Cl)cc2)C1. The molecule has 1 aromatic rings. The van der Waals surface area contributed by atoms with Crippen LogP contribution in [0.1, 0.15) is 24.8 Å². The topological polar surface area (TPSA) is 52.0 Å². The molecule has 1 saturated carbocycles. The Hall–Kier alpha value is 0.01000. The molecule has 17 heavy (non-hydrogen) atoms. The van der Waals surface area contributed by atoms with E-state index in [2.05, 4.69) is 0 Å². The molecule has 98 valence electrons. The van der Waals surface area contributed by atoms with E-state index in [-0.39, 0.29) is 36.4 Å². The summed E-state index contributed by atoms with van der Waals surface area (Å²) in [5, 5.41) is 0.771. The lowest BCUT2D eigenvalue weighted by atomic mass is 9.90. The minimum atomic E-state index is -0.104. The van der Waals surface area contributed by atoms with Gasteiger partial charge in [-0.05, 0) is 43.4 Å². The molecule has 2 rings (SSSR count). The fourth-order valence-corrected chi connectivity index (χ4v) is 2.49. The van der Waals surface area contributed by atoms with Crippen LogP contribution in [0.15, 0.2) is 24.3 Å². The van der Waals surface area contributed by atoms with Gasteiger partial charge in [-0.1, -0.05) is 23.7 Å². The maximum absolute atomic E-state index is 6.31. The van der Waals surface area contributed by atoms with Gasteiger partial charge in [0.1, 0.15) is 0 Å². The lowest BCUT2D eigenvalue weighted by Gasteiger charge is -2.23. The van der Waals surface area contributed by atoms with Crippen LogP contribution in [0, 0.1) is 0 Å². The second-order valence-electron chi connectivity index (χ2n) is 4.67. The highest BCUT2D eigenvalue weighted by molar-refractivity contribution is 6.30. The normalized spacial score (nSPS) is 27.1. The van der Waals surface area contributed by atoms with Crippen molar-refractivity contribution in [2.45, 2.75) is 37.3 Å². The Labute approximate surface area is 120 Å². The molecule has 2 nitrogen and oxygen atoms in total. The molecule has 4 N–H and O–H groups in total. The molecule has 1 aliphatic carbocycles. The average Bonchev–Trinajstić information content (AvgIpc) is 2.50. The van der Waals surface area contributed by atoms with Crippen LogP contribution in [0.4, 0.5) is 0 Å². The molecule has 2 unspecified atom stereocenters. The Morgan fingerprint density at radius 1 is 1.24 bits per heavy atom. The van der Waals surface area contributed by atoms with Crippen molar-refractivity contribution in [2.75, 3.05) is 0 Å². The van der Waals surface area contributed by atoms with Crippen molar-refractivity contribution >= 4 is 36.4 Å². The van der Waals surface area contributed by atoms with E-state index in [1.807, 2.05) is 24.3 Å². The minimum absolute atomic E-state index is 0. The first-order valence-electron chi connectivity index (χ1n) is 5.36. The number of nitrogens with two attached hydrogens (primary N) is 2. The number of hydrogen-bond donors (Lipinski definition) is 2. The Bertz CT molecular complexity index is 342. The summed E-state index contributed by atoms with van der Waals surface area (Å²) in [5.41, 5.74) is 13.3. The molecule has 0 aromatic heterocycles. The summed E-state index contributed by atoms with van der Waals surface area (Å²) < 4.78 is 0. The number of benzene rings is 1. The number of rotatable bonds is 2. The van der Waals surface area contributed by atoms with E-state index >= 15 is 0 Å². The summed E-state index contributed by atoms with van der Waals surface area (Å²) in [6.45, 7) is 0. The van der Waals surface area contributed by atoms with E-state index in [0.29, 0.717) is 0 Å². The van der Waals surface area contributed by atoms with Gasteiger partial charge in [0, 0.05) is 16.6 Å². The van der Waals surface area contributed by atoms with Crippen molar-refractivity contribution in [1.82, 2.24) is 0 Å². The van der Waals surface area contributed by atoms with Gasteiger partial charge in [0.25, 0.3) is 0 Å². The van der Waals surface area contributed by atoms with Gasteiger partial charge in [-0.2, -0.15) is 0 Å². The highest BCUT2D eigenvalue weighted by Gasteiger charge is 2.33. The van der Waals surface area contributed by atoms with Gasteiger partial charge in [0.15, 0.2) is 0 Å². The van der Waals surface area contributed by atoms with Gasteiger partial charge < -0.3 is 11.5 Å². The highest BCUT2D eigenvalue weighted by Crippen LogP contribution is 2.30. The first-order chi connectivity index (χ1) is 7.07. The van der Waals surface area contributed by atoms with Crippen LogP contribution in [0.25, 0.3) is 0 Å². The van der Waals surface area contributed by atoms with Crippen molar-refractivity contribution in [1.29, 1.82) is 0 Å². The lowest BCUT2D eigenvalue weighted by molar-refractivity contribution is 0.430. The van der Waals surface area contributed by atoms with Crippen LogP contribution in [0.3, 0.4) is 0 Å². The average molecular weight is 298 g/mol. The third-order valence-electron chi connectivity index (χ3n) is 3.15. The Balaban J connectivity index is 0.00000128. The zero-order chi connectivity index (χ0) is 10.9. The summed E-state index contributed by atoms with van der Waals surface area (Å²) in [6.07, 6.45) is 3.90. The third-order valence-corrected chi connectivity index (χ3v) is 3.40. The van der Waals surface area contributed by atoms with Gasteiger partial charge in [0.05, 0.1) is 0 Å². The van der Waals surface area contributed by atoms with Gasteiger partial charge in [-0.3, -0.25) is 0 Å². The molecule has 0 radical (unpaired) electrons. The van der Waals surface area contributed by atoms with Gasteiger partial charge >= 0.3 is 0 Å². The van der Waals surface area contributed by atoms with Crippen LogP contribution >= 0.6 is 36.4 Å². The van der Waals surface area contributed by atoms with Crippen molar-refractivity contribution in [3.63, 3.8) is 0 Å². The van der Waals surface area contributed by atoms with Gasteiger partial charge in [0.2, 0.25) is 0 Å². The maximum Gasteiger partial charge on any atom is 0.0406 e. The Morgan fingerprint density at radius 2 is 1.82 bits per heavy atom. The zero-order valence-corrected chi connectivity index (χ0v) is 12.0. The molecule has 1 fully saturated rings. The smallest absolute Gasteiger partial charge is 0.0406 e. The zero-order valence-electron chi connectivity index (χ0n) is 9.56. The molecule has 0 spiro atoms. The molecule has 0 amide bonds. The first kappa shape index (κ1) is 17.0. The molecule has 5 heteroatoms. The Kier molecular flexibility index (Phi) is 6.82. The summed E-state index contributed by atoms with van der Waals surface area (Å²) in [7, 11) is 0. The largest absolute Gasteiger partial charge is 0.328 e. The lowest BCUT2D eigenvalue weighted by Crippen LogP contribution is -2.40. The molecule has 2 atom stereocenters. The van der Waals surface area contributed by atoms with E-state index in [4.69, 9.17) is 23.1 Å².